The Balaban J connectivity index is 0.000000238. The molecule has 3 aliphatic rings. The Morgan fingerprint density at radius 2 is 1.64 bits per heavy atom. The lowest BCUT2D eigenvalue weighted by atomic mass is 9.93. The fourth-order valence-corrected chi connectivity index (χ4v) is 6.27. The molecule has 2 aromatic rings. The normalized spacial score (nSPS) is 16.5. The number of carbonyl (C=O) groups is 3. The summed E-state index contributed by atoms with van der Waals surface area (Å²) in [6, 6.07) is 2.17. The van der Waals surface area contributed by atoms with Crippen LogP contribution in [0.1, 0.15) is 90.0 Å². The van der Waals surface area contributed by atoms with E-state index in [1.165, 1.54) is 21.6 Å². The van der Waals surface area contributed by atoms with Crippen molar-refractivity contribution in [3.05, 3.63) is 55.1 Å². The molecule has 0 N–H and O–H groups in total. The monoisotopic (exact) mass is 675 g/mol. The highest BCUT2D eigenvalue weighted by molar-refractivity contribution is 6.34. The molecule has 12 nitrogen and oxygen atoms in total. The molecule has 0 radical (unpaired) electrons. The van der Waals surface area contributed by atoms with Crippen LogP contribution in [-0.4, -0.2) is 59.2 Å². The van der Waals surface area contributed by atoms with Gasteiger partial charge in [-0.15, -0.1) is 0 Å². The summed E-state index contributed by atoms with van der Waals surface area (Å²) in [5, 5.41) is -0.0677. The molecule has 0 atom stereocenters. The van der Waals surface area contributed by atoms with E-state index in [1.807, 2.05) is 6.92 Å². The van der Waals surface area contributed by atoms with Gasteiger partial charge in [0.15, 0.2) is 6.61 Å². The van der Waals surface area contributed by atoms with Gasteiger partial charge in [-0.05, 0) is 51.0 Å². The minimum absolute atomic E-state index is 0.000883. The Morgan fingerprint density at radius 1 is 1.00 bits per heavy atom. The van der Waals surface area contributed by atoms with Crippen LogP contribution in [0.15, 0.2) is 32.9 Å². The number of aromatic nitrogens is 3. The van der Waals surface area contributed by atoms with Gasteiger partial charge in [0.25, 0.3) is 11.8 Å². The third-order valence-corrected chi connectivity index (χ3v) is 8.82. The molecule has 1 aromatic heterocycles. The highest BCUT2D eigenvalue weighted by atomic mass is 35.5. The number of esters is 1. The minimum atomic E-state index is -0.814. The van der Waals surface area contributed by atoms with Crippen LogP contribution in [-0.2, 0) is 26.2 Å². The zero-order valence-corrected chi connectivity index (χ0v) is 28.2. The average Bonchev–Trinajstić information content (AvgIpc) is 3.30. The molecular formula is C33H43ClFN5O7. The van der Waals surface area contributed by atoms with E-state index < -0.39 is 35.9 Å². The van der Waals surface area contributed by atoms with Gasteiger partial charge in [-0.25, -0.2) is 28.2 Å². The summed E-state index contributed by atoms with van der Waals surface area (Å²) < 4.78 is 27.7. The van der Waals surface area contributed by atoms with E-state index in [4.69, 9.17) is 21.1 Å². The number of anilines is 2. The number of ether oxygens (including phenoxy) is 2. The van der Waals surface area contributed by atoms with Crippen LogP contribution < -0.4 is 25.9 Å². The molecule has 0 bridgehead atoms. The van der Waals surface area contributed by atoms with Crippen molar-refractivity contribution in [1.82, 2.24) is 14.1 Å². The van der Waals surface area contributed by atoms with Crippen molar-refractivity contribution in [3.63, 3.8) is 0 Å². The third kappa shape index (κ3) is 8.30. The Morgan fingerprint density at radius 3 is 2.23 bits per heavy atom. The summed E-state index contributed by atoms with van der Waals surface area (Å²) in [6.45, 7) is 1.93. The topological polar surface area (TPSA) is 133 Å². The second-order valence-electron chi connectivity index (χ2n) is 12.2. The van der Waals surface area contributed by atoms with Crippen LogP contribution >= 0.6 is 11.6 Å². The van der Waals surface area contributed by atoms with Crippen molar-refractivity contribution in [3.8, 4) is 5.75 Å². The fraction of sp³-hybridized carbons (Fsp3) is 0.576. The molecule has 1 saturated carbocycles. The smallest absolute Gasteiger partial charge is 0.355 e. The summed E-state index contributed by atoms with van der Waals surface area (Å²) in [6.07, 6.45) is 10.5. The van der Waals surface area contributed by atoms with E-state index >= 15 is 0 Å². The molecule has 1 fully saturated rings. The number of imide groups is 1. The van der Waals surface area contributed by atoms with Gasteiger partial charge in [0.2, 0.25) is 5.95 Å². The van der Waals surface area contributed by atoms with Crippen LogP contribution in [0.2, 0.25) is 5.02 Å². The standard InChI is InChI=1S/C21H23ClFNO5.C12H20N4O2/c1-2-3-6-9-28-19(25)12-29-18-11-17(16(23)10-15(18)22)24-20(26)13-7-4-5-8-14(13)21(24)27;1-14(2)10-13-11(17)16(12(18)15(10)3)9-7-5-4-6-8-9/h10-11H,2-9,12H2,1H3;9H,4-8H2,1-3H3. The van der Waals surface area contributed by atoms with Gasteiger partial charge in [-0.3, -0.25) is 14.2 Å². The van der Waals surface area contributed by atoms with Gasteiger partial charge in [0.1, 0.15) is 11.6 Å². The molecular weight excluding hydrogens is 633 g/mol. The molecule has 2 amide bonds. The molecule has 2 aliphatic carbocycles. The number of halogens is 2. The zero-order valence-electron chi connectivity index (χ0n) is 27.5. The van der Waals surface area contributed by atoms with E-state index in [-0.39, 0.29) is 28.2 Å². The number of amides is 2. The lowest BCUT2D eigenvalue weighted by molar-refractivity contribution is -0.146. The second kappa shape index (κ2) is 16.2. The first-order chi connectivity index (χ1) is 22.5. The number of carbonyl (C=O) groups excluding carboxylic acids is 3. The highest BCUT2D eigenvalue weighted by Gasteiger charge is 2.41. The molecule has 0 unspecified atom stereocenters. The summed E-state index contributed by atoms with van der Waals surface area (Å²) >= 11 is 6.02. The molecule has 5 rings (SSSR count). The molecule has 256 valence electrons. The SMILES string of the molecule is CCCCCOC(=O)COc1cc(N2C(=O)C3=C(CCCC3)C2=O)c(F)cc1Cl.CN(C)c1nc(=O)n(C2CCCCC2)c(=O)n1C. The first-order valence-corrected chi connectivity index (χ1v) is 16.6. The largest absolute Gasteiger partial charge is 0.480 e. The summed E-state index contributed by atoms with van der Waals surface area (Å²) in [5.74, 6) is -2.00. The van der Waals surface area contributed by atoms with Crippen molar-refractivity contribution in [2.75, 3.05) is 37.1 Å². The van der Waals surface area contributed by atoms with Gasteiger partial charge in [-0.1, -0.05) is 50.6 Å². The predicted octanol–water partition coefficient (Wildman–Crippen LogP) is 4.85. The van der Waals surface area contributed by atoms with Crippen LogP contribution in [0, 0.1) is 5.82 Å². The van der Waals surface area contributed by atoms with Crippen LogP contribution in [0.4, 0.5) is 16.0 Å². The van der Waals surface area contributed by atoms with E-state index in [0.717, 1.165) is 68.8 Å². The Kier molecular flexibility index (Phi) is 12.4. The first-order valence-electron chi connectivity index (χ1n) is 16.2. The molecule has 2 heterocycles. The van der Waals surface area contributed by atoms with Crippen molar-refractivity contribution in [2.24, 2.45) is 7.05 Å². The molecule has 0 saturated heterocycles. The number of benzene rings is 1. The molecule has 0 spiro atoms. The van der Waals surface area contributed by atoms with Crippen LogP contribution in [0.5, 0.6) is 5.75 Å². The number of hydrogen-bond acceptors (Lipinski definition) is 9. The summed E-state index contributed by atoms with van der Waals surface area (Å²) in [4.78, 5) is 67.9. The minimum Gasteiger partial charge on any atom is -0.480 e. The number of unbranched alkanes of at least 4 members (excludes halogenated alkanes) is 2. The van der Waals surface area contributed by atoms with Gasteiger partial charge in [0.05, 0.1) is 17.3 Å². The molecule has 1 aliphatic heterocycles. The third-order valence-electron chi connectivity index (χ3n) is 8.52. The zero-order chi connectivity index (χ0) is 34.2. The van der Waals surface area contributed by atoms with Gasteiger partial charge < -0.3 is 14.4 Å². The molecule has 47 heavy (non-hydrogen) atoms. The summed E-state index contributed by atoms with van der Waals surface area (Å²) in [5.41, 5.74) is -0.00753. The first kappa shape index (κ1) is 35.8. The Hall–Kier alpha value is -4.00. The lowest BCUT2D eigenvalue weighted by Gasteiger charge is -2.24. The predicted molar refractivity (Wildman–Crippen MR) is 176 cm³/mol. The van der Waals surface area contributed by atoms with Gasteiger partial charge in [-0.2, -0.15) is 4.98 Å². The second-order valence-corrected chi connectivity index (χ2v) is 12.6. The van der Waals surface area contributed by atoms with Crippen LogP contribution in [0.3, 0.4) is 0 Å². The van der Waals surface area contributed by atoms with Crippen molar-refractivity contribution >= 4 is 41.0 Å². The average molecular weight is 676 g/mol. The fourth-order valence-electron chi connectivity index (χ4n) is 6.07. The number of nitrogens with zero attached hydrogens (tertiary/aromatic N) is 5. The van der Waals surface area contributed by atoms with E-state index in [0.29, 0.717) is 36.5 Å². The Bertz CT molecular complexity index is 1620. The van der Waals surface area contributed by atoms with Gasteiger partial charge >= 0.3 is 17.3 Å². The number of rotatable bonds is 10. The molecule has 1 aromatic carbocycles. The van der Waals surface area contributed by atoms with Crippen molar-refractivity contribution in [2.45, 2.75) is 90.0 Å². The van der Waals surface area contributed by atoms with E-state index in [1.54, 1.807) is 26.0 Å². The van der Waals surface area contributed by atoms with Crippen molar-refractivity contribution < 1.29 is 28.2 Å². The maximum atomic E-state index is 14.5. The lowest BCUT2D eigenvalue weighted by Crippen LogP contribution is -2.45. The highest BCUT2D eigenvalue weighted by Crippen LogP contribution is 2.39. The maximum Gasteiger partial charge on any atom is 0.355 e. The summed E-state index contributed by atoms with van der Waals surface area (Å²) in [7, 11) is 5.20. The van der Waals surface area contributed by atoms with Gasteiger partial charge in [0, 0.05) is 44.4 Å². The van der Waals surface area contributed by atoms with E-state index in [2.05, 4.69) is 4.98 Å². The maximum absolute atomic E-state index is 14.5. The van der Waals surface area contributed by atoms with E-state index in [9.17, 15) is 28.4 Å². The molecule has 14 heteroatoms. The quantitative estimate of drug-likeness (QED) is 0.197. The Labute approximate surface area is 278 Å². The van der Waals surface area contributed by atoms with Crippen LogP contribution in [0.25, 0.3) is 0 Å². The van der Waals surface area contributed by atoms with Crippen molar-refractivity contribution in [1.29, 1.82) is 0 Å². The number of hydrogen-bond donors (Lipinski definition) is 0.